The molecule has 0 bridgehead atoms. The van der Waals surface area contributed by atoms with Crippen LogP contribution in [0.4, 0.5) is 4.39 Å². The highest BCUT2D eigenvalue weighted by Gasteiger charge is 2.29. The SMILES string of the molecule is CCCOC1C=C2C(=CC1)OCC(CN1CCCC1)=C2c1ccc(F)cc1. The number of likely N-dealkylation sites (tertiary alicyclic amines) is 1. The number of hydrogen-bond acceptors (Lipinski definition) is 3. The van der Waals surface area contributed by atoms with E-state index >= 15 is 0 Å². The lowest BCUT2D eigenvalue weighted by Gasteiger charge is -2.32. The molecule has 0 amide bonds. The Balaban J connectivity index is 1.72. The van der Waals surface area contributed by atoms with Crippen molar-refractivity contribution in [3.63, 3.8) is 0 Å². The zero-order chi connectivity index (χ0) is 18.6. The standard InChI is InChI=1S/C23H28FNO2/c1-2-13-26-20-9-10-22-21(14-20)23(17-5-7-19(24)8-6-17)18(16-27-22)15-25-11-3-4-12-25/h5-8,10,14,20H,2-4,9,11-13,15-16H2,1H3. The molecular formula is C23H28FNO2. The molecule has 144 valence electrons. The Bertz CT molecular complexity index is 757. The molecule has 3 aliphatic rings. The molecule has 0 spiro atoms. The molecule has 0 aromatic heterocycles. The Kier molecular flexibility index (Phi) is 5.74. The van der Waals surface area contributed by atoms with E-state index in [0.29, 0.717) is 6.61 Å². The second-order valence-electron chi connectivity index (χ2n) is 7.55. The molecule has 1 unspecified atom stereocenters. The third-order valence-electron chi connectivity index (χ3n) is 5.46. The number of halogens is 1. The minimum Gasteiger partial charge on any atom is -0.489 e. The van der Waals surface area contributed by atoms with Crippen molar-refractivity contribution in [2.24, 2.45) is 0 Å². The van der Waals surface area contributed by atoms with Crippen LogP contribution in [0.1, 0.15) is 38.2 Å². The van der Waals surface area contributed by atoms with Gasteiger partial charge in [0.1, 0.15) is 18.2 Å². The number of nitrogens with zero attached hydrogens (tertiary/aromatic N) is 1. The smallest absolute Gasteiger partial charge is 0.123 e. The van der Waals surface area contributed by atoms with E-state index in [9.17, 15) is 4.39 Å². The lowest BCUT2D eigenvalue weighted by molar-refractivity contribution is 0.0839. The average Bonchev–Trinajstić information content (AvgIpc) is 3.20. The van der Waals surface area contributed by atoms with Crippen LogP contribution in [0.5, 0.6) is 0 Å². The Morgan fingerprint density at radius 2 is 1.96 bits per heavy atom. The second kappa shape index (κ2) is 8.41. The zero-order valence-electron chi connectivity index (χ0n) is 16.0. The summed E-state index contributed by atoms with van der Waals surface area (Å²) in [4.78, 5) is 2.49. The molecule has 0 radical (unpaired) electrons. The number of benzene rings is 1. The van der Waals surface area contributed by atoms with Gasteiger partial charge in [0.05, 0.1) is 6.10 Å². The van der Waals surface area contributed by atoms with Crippen molar-refractivity contribution in [1.29, 1.82) is 0 Å². The highest BCUT2D eigenvalue weighted by atomic mass is 19.1. The lowest BCUT2D eigenvalue weighted by Crippen LogP contribution is -2.28. The molecule has 4 rings (SSSR count). The normalized spacial score (nSPS) is 23.0. The molecule has 1 aliphatic carbocycles. The fraction of sp³-hybridized carbons (Fsp3) is 0.478. The molecule has 0 saturated carbocycles. The van der Waals surface area contributed by atoms with Crippen molar-refractivity contribution in [2.75, 3.05) is 32.8 Å². The van der Waals surface area contributed by atoms with E-state index in [2.05, 4.69) is 24.0 Å². The maximum absolute atomic E-state index is 13.5. The second-order valence-corrected chi connectivity index (χ2v) is 7.55. The molecule has 2 aliphatic heterocycles. The van der Waals surface area contributed by atoms with Gasteiger partial charge in [0.15, 0.2) is 0 Å². The van der Waals surface area contributed by atoms with Crippen LogP contribution in [-0.2, 0) is 9.47 Å². The number of rotatable bonds is 6. The molecular weight excluding hydrogens is 341 g/mol. The minimum absolute atomic E-state index is 0.0777. The summed E-state index contributed by atoms with van der Waals surface area (Å²) in [6.45, 7) is 6.69. The van der Waals surface area contributed by atoms with Crippen LogP contribution in [0.25, 0.3) is 5.57 Å². The summed E-state index contributed by atoms with van der Waals surface area (Å²) in [5, 5.41) is 0. The molecule has 1 atom stereocenters. The molecule has 1 fully saturated rings. The van der Waals surface area contributed by atoms with Crippen LogP contribution in [-0.4, -0.2) is 43.9 Å². The van der Waals surface area contributed by atoms with Gasteiger partial charge in [-0.1, -0.05) is 19.1 Å². The van der Waals surface area contributed by atoms with Crippen molar-refractivity contribution < 1.29 is 13.9 Å². The van der Waals surface area contributed by atoms with Crippen LogP contribution >= 0.6 is 0 Å². The van der Waals surface area contributed by atoms with Gasteiger partial charge in [0.2, 0.25) is 0 Å². The van der Waals surface area contributed by atoms with Crippen molar-refractivity contribution in [2.45, 2.75) is 38.7 Å². The van der Waals surface area contributed by atoms with E-state index in [1.807, 2.05) is 12.1 Å². The largest absolute Gasteiger partial charge is 0.489 e. The van der Waals surface area contributed by atoms with E-state index in [1.54, 1.807) is 12.1 Å². The molecule has 0 N–H and O–H groups in total. The first-order valence-electron chi connectivity index (χ1n) is 10.1. The molecule has 1 aromatic carbocycles. The van der Waals surface area contributed by atoms with Gasteiger partial charge in [0.25, 0.3) is 0 Å². The van der Waals surface area contributed by atoms with Gasteiger partial charge < -0.3 is 9.47 Å². The summed E-state index contributed by atoms with van der Waals surface area (Å²) in [7, 11) is 0. The monoisotopic (exact) mass is 369 g/mol. The van der Waals surface area contributed by atoms with Crippen molar-refractivity contribution in [3.8, 4) is 0 Å². The molecule has 3 nitrogen and oxygen atoms in total. The Labute approximate surface area is 161 Å². The highest BCUT2D eigenvalue weighted by Crippen LogP contribution is 2.40. The number of hydrogen-bond donors (Lipinski definition) is 0. The van der Waals surface area contributed by atoms with Gasteiger partial charge in [-0.3, -0.25) is 4.90 Å². The minimum atomic E-state index is -0.204. The Morgan fingerprint density at radius 3 is 2.70 bits per heavy atom. The third-order valence-corrected chi connectivity index (χ3v) is 5.46. The quantitative estimate of drug-likeness (QED) is 0.725. The summed E-state index contributed by atoms with van der Waals surface area (Å²) >= 11 is 0. The van der Waals surface area contributed by atoms with Gasteiger partial charge >= 0.3 is 0 Å². The number of fused-ring (bicyclic) bond motifs is 1. The molecule has 27 heavy (non-hydrogen) atoms. The van der Waals surface area contributed by atoms with Crippen LogP contribution < -0.4 is 0 Å². The van der Waals surface area contributed by atoms with Crippen LogP contribution in [0.2, 0.25) is 0 Å². The lowest BCUT2D eigenvalue weighted by atomic mass is 9.86. The van der Waals surface area contributed by atoms with Gasteiger partial charge in [-0.15, -0.1) is 0 Å². The zero-order valence-corrected chi connectivity index (χ0v) is 16.0. The fourth-order valence-electron chi connectivity index (χ4n) is 4.14. The predicted molar refractivity (Wildman–Crippen MR) is 106 cm³/mol. The maximum Gasteiger partial charge on any atom is 0.123 e. The van der Waals surface area contributed by atoms with Crippen molar-refractivity contribution >= 4 is 5.57 Å². The summed E-state index contributed by atoms with van der Waals surface area (Å²) in [6, 6.07) is 6.86. The molecule has 4 heteroatoms. The van der Waals surface area contributed by atoms with E-state index in [0.717, 1.165) is 56.0 Å². The van der Waals surface area contributed by atoms with E-state index in [-0.39, 0.29) is 11.9 Å². The van der Waals surface area contributed by atoms with E-state index in [1.165, 1.54) is 24.0 Å². The Hall–Kier alpha value is -1.91. The van der Waals surface area contributed by atoms with Crippen molar-refractivity contribution in [1.82, 2.24) is 4.90 Å². The van der Waals surface area contributed by atoms with Gasteiger partial charge in [-0.25, -0.2) is 4.39 Å². The van der Waals surface area contributed by atoms with Crippen LogP contribution in [0.15, 0.2) is 53.3 Å². The molecule has 1 saturated heterocycles. The summed E-state index contributed by atoms with van der Waals surface area (Å²) in [5.74, 6) is 0.737. The van der Waals surface area contributed by atoms with Gasteiger partial charge in [-0.2, -0.15) is 0 Å². The first-order chi connectivity index (χ1) is 13.2. The van der Waals surface area contributed by atoms with Crippen molar-refractivity contribution in [3.05, 3.63) is 64.7 Å². The van der Waals surface area contributed by atoms with Gasteiger partial charge in [0, 0.05) is 18.7 Å². The Morgan fingerprint density at radius 1 is 1.19 bits per heavy atom. The highest BCUT2D eigenvalue weighted by molar-refractivity contribution is 5.87. The predicted octanol–water partition coefficient (Wildman–Crippen LogP) is 4.71. The van der Waals surface area contributed by atoms with Crippen LogP contribution in [0, 0.1) is 5.82 Å². The summed E-state index contributed by atoms with van der Waals surface area (Å²) in [6.07, 6.45) is 8.80. The average molecular weight is 369 g/mol. The summed E-state index contributed by atoms with van der Waals surface area (Å²) in [5.41, 5.74) is 4.64. The number of ether oxygens (including phenoxy) is 2. The topological polar surface area (TPSA) is 21.7 Å². The first kappa shape index (κ1) is 18.5. The number of allylic oxidation sites excluding steroid dienone is 1. The summed E-state index contributed by atoms with van der Waals surface area (Å²) < 4.78 is 25.6. The van der Waals surface area contributed by atoms with Crippen LogP contribution in [0.3, 0.4) is 0 Å². The molecule has 2 heterocycles. The van der Waals surface area contributed by atoms with E-state index in [4.69, 9.17) is 9.47 Å². The van der Waals surface area contributed by atoms with Gasteiger partial charge in [-0.05, 0) is 79.8 Å². The molecule has 1 aromatic rings. The first-order valence-corrected chi connectivity index (χ1v) is 10.1. The maximum atomic E-state index is 13.5. The fourth-order valence-corrected chi connectivity index (χ4v) is 4.14. The van der Waals surface area contributed by atoms with E-state index < -0.39 is 0 Å². The third kappa shape index (κ3) is 4.17.